The van der Waals surface area contributed by atoms with Gasteiger partial charge >= 0.3 is 0 Å². The average molecular weight is 1330 g/mol. The lowest BCUT2D eigenvalue weighted by molar-refractivity contribution is 0.482. The summed E-state index contributed by atoms with van der Waals surface area (Å²) in [6.45, 7) is 12.6. The maximum atomic E-state index is 15.3. The molecule has 1 aliphatic heterocycles. The van der Waals surface area contributed by atoms with Gasteiger partial charge in [-0.25, -0.2) is 17.6 Å². The largest absolute Gasteiger partial charge is 0.457 e. The highest BCUT2D eigenvalue weighted by Gasteiger charge is 2.49. The van der Waals surface area contributed by atoms with Gasteiger partial charge in [0.25, 0.3) is 0 Å². The van der Waals surface area contributed by atoms with Crippen molar-refractivity contribution < 1.29 is 27.0 Å². The molecule has 9 heteroatoms. The van der Waals surface area contributed by atoms with Crippen molar-refractivity contribution in [1.29, 1.82) is 0 Å². The lowest BCUT2D eigenvalue weighted by Gasteiger charge is -2.35. The number of hydrogen-bond donors (Lipinski definition) is 0. The van der Waals surface area contributed by atoms with Crippen LogP contribution in [0.2, 0.25) is 13.1 Å². The van der Waals surface area contributed by atoms with Crippen molar-refractivity contribution in [2.75, 3.05) is 9.80 Å². The molecule has 0 bridgehead atoms. The molecular formula is C92H64F4N2O2Si. The molecule has 2 unspecified atom stereocenters. The predicted octanol–water partition coefficient (Wildman–Crippen LogP) is 23.6. The second-order valence-corrected chi connectivity index (χ2v) is 30.9. The third-order valence-electron chi connectivity index (χ3n) is 20.7. The van der Waals surface area contributed by atoms with E-state index in [1.807, 2.05) is 121 Å². The molecule has 14 aromatic carbocycles. The highest BCUT2D eigenvalue weighted by molar-refractivity contribution is 7.03. The summed E-state index contributed by atoms with van der Waals surface area (Å²) in [6.07, 6.45) is 3.60. The van der Waals surface area contributed by atoms with Gasteiger partial charge in [-0.05, 0) is 269 Å². The first-order valence-electron chi connectivity index (χ1n) is 33.7. The Morgan fingerprint density at radius 1 is 0.287 bits per heavy atom. The maximum Gasteiger partial charge on any atom is 0.127 e. The summed E-state index contributed by atoms with van der Waals surface area (Å²) < 4.78 is 73.9. The monoisotopic (exact) mass is 1330 g/mol. The Balaban J connectivity index is 0.806. The Kier molecular flexibility index (Phi) is 15.2. The molecule has 4 nitrogen and oxygen atoms in total. The van der Waals surface area contributed by atoms with Crippen LogP contribution in [0, 0.1) is 23.3 Å². The van der Waals surface area contributed by atoms with Crippen molar-refractivity contribution in [2.24, 2.45) is 0 Å². The Hall–Kier alpha value is -12.3. The van der Waals surface area contributed by atoms with Crippen LogP contribution >= 0.6 is 0 Å². The quantitative estimate of drug-likeness (QED) is 0.0711. The lowest BCUT2D eigenvalue weighted by Crippen LogP contribution is -2.49. The fraction of sp³-hybridized carbons (Fsp3) is 0.0435. The molecule has 0 radical (unpaired) electrons. The molecule has 0 aromatic heterocycles. The van der Waals surface area contributed by atoms with E-state index in [0.717, 1.165) is 123 Å². The number of rotatable bonds is 16. The van der Waals surface area contributed by atoms with E-state index in [0.29, 0.717) is 23.0 Å². The van der Waals surface area contributed by atoms with Gasteiger partial charge in [0.05, 0.1) is 10.8 Å². The molecule has 0 spiro atoms. The Morgan fingerprint density at radius 3 is 0.911 bits per heavy atom. The smallest absolute Gasteiger partial charge is 0.127 e. The second kappa shape index (κ2) is 24.6. The number of ether oxygens (including phenoxy) is 2. The molecule has 0 fully saturated rings. The van der Waals surface area contributed by atoms with E-state index in [2.05, 4.69) is 182 Å². The van der Waals surface area contributed by atoms with Crippen LogP contribution in [0.15, 0.2) is 329 Å². The first-order chi connectivity index (χ1) is 49.3. The van der Waals surface area contributed by atoms with Crippen molar-refractivity contribution in [3.63, 3.8) is 0 Å². The van der Waals surface area contributed by atoms with Gasteiger partial charge in [-0.3, -0.25) is 0 Å². The highest BCUT2D eigenvalue weighted by Crippen LogP contribution is 2.60. The lowest BCUT2D eigenvalue weighted by atomic mass is 9.67. The fourth-order valence-electron chi connectivity index (χ4n) is 16.1. The van der Waals surface area contributed by atoms with E-state index in [1.165, 1.54) is 58.9 Å². The zero-order valence-electron chi connectivity index (χ0n) is 55.3. The van der Waals surface area contributed by atoms with E-state index in [1.54, 1.807) is 12.2 Å². The Bertz CT molecular complexity index is 5220. The molecule has 2 aliphatic carbocycles. The molecule has 0 amide bonds. The maximum absolute atomic E-state index is 15.3. The van der Waals surface area contributed by atoms with Gasteiger partial charge in [0, 0.05) is 34.1 Å². The van der Waals surface area contributed by atoms with Crippen molar-refractivity contribution in [3.8, 4) is 56.4 Å². The molecule has 486 valence electrons. The third-order valence-corrected chi connectivity index (χ3v) is 24.3. The molecule has 0 saturated carbocycles. The first kappa shape index (κ1) is 62.2. The predicted molar refractivity (Wildman–Crippen MR) is 406 cm³/mol. The molecule has 3 aliphatic rings. The van der Waals surface area contributed by atoms with Gasteiger partial charge in [-0.2, -0.15) is 0 Å². The van der Waals surface area contributed by atoms with Crippen LogP contribution in [0.3, 0.4) is 0 Å². The minimum Gasteiger partial charge on any atom is -0.457 e. The number of hydrogen-bond acceptors (Lipinski definition) is 4. The zero-order valence-corrected chi connectivity index (χ0v) is 56.3. The third kappa shape index (κ3) is 10.3. The second-order valence-electron chi connectivity index (χ2n) is 26.6. The highest BCUT2D eigenvalue weighted by atomic mass is 28.3. The molecule has 14 aromatic rings. The summed E-state index contributed by atoms with van der Waals surface area (Å²) in [5, 5.41) is 2.53. The van der Waals surface area contributed by atoms with Crippen molar-refractivity contribution in [2.45, 2.75) is 23.9 Å². The van der Waals surface area contributed by atoms with Gasteiger partial charge in [-0.15, -0.1) is 0 Å². The van der Waals surface area contributed by atoms with Gasteiger partial charge in [0.2, 0.25) is 0 Å². The molecule has 1 heterocycles. The van der Waals surface area contributed by atoms with E-state index < -0.39 is 18.9 Å². The Morgan fingerprint density at radius 2 is 0.564 bits per heavy atom. The summed E-state index contributed by atoms with van der Waals surface area (Å²) in [6, 6.07) is 102. The van der Waals surface area contributed by atoms with Crippen LogP contribution in [-0.4, -0.2) is 8.07 Å². The summed E-state index contributed by atoms with van der Waals surface area (Å²) in [7, 11) is -2.40. The number of anilines is 6. The molecule has 0 N–H and O–H groups in total. The van der Waals surface area contributed by atoms with Crippen LogP contribution in [0.25, 0.3) is 45.5 Å². The van der Waals surface area contributed by atoms with E-state index >= 15 is 17.6 Å². The Labute approximate surface area is 585 Å². The number of fused-ring (bicyclic) bond motifs is 9. The van der Waals surface area contributed by atoms with Crippen LogP contribution in [0.4, 0.5) is 51.7 Å². The summed E-state index contributed by atoms with van der Waals surface area (Å²) in [4.78, 5) is 4.40. The summed E-state index contributed by atoms with van der Waals surface area (Å²) in [5.74, 6) is 1.32. The molecule has 0 saturated heterocycles. The molecule has 101 heavy (non-hydrogen) atoms. The van der Waals surface area contributed by atoms with E-state index in [4.69, 9.17) is 9.47 Å². The normalized spacial score (nSPS) is 15.5. The molecular weight excluding hydrogens is 1270 g/mol. The van der Waals surface area contributed by atoms with Gasteiger partial charge in [-0.1, -0.05) is 184 Å². The van der Waals surface area contributed by atoms with Crippen molar-refractivity contribution >= 4 is 64.7 Å². The standard InChI is InChI=1S/C92H64F4N2O2Si/c1-5-59-15-43-75(44-16-59)99-77-47-23-63(24-48-77)91(61-19-27-65(93)28-20-61)85-13-9-7-11-79(85)81-51-39-73(57-87(81)91)97(69-35-31-67(95)32-36-69)71-41-53-89-83(55-71)84-56-72(42-54-90(84)101(89,3)4)98(70-37-33-68(96)34-38-70)74-40-52-82-80-12-8-10-14-86(80)92(88(82)58-74,62-21-29-66(94)30-22-62)64-25-49-78(50-26-64)100-76-45-17-60(6-2)18-46-76/h5-58H,1-2H2,3-4H3. The summed E-state index contributed by atoms with van der Waals surface area (Å²) >= 11 is 0. The number of nitrogens with zero attached hydrogens (tertiary/aromatic N) is 2. The van der Waals surface area contributed by atoms with Crippen molar-refractivity contribution in [3.05, 3.63) is 408 Å². The van der Waals surface area contributed by atoms with Crippen LogP contribution in [-0.2, 0) is 10.8 Å². The average Bonchev–Trinajstić information content (AvgIpc) is 1.56. The van der Waals surface area contributed by atoms with E-state index in [9.17, 15) is 0 Å². The van der Waals surface area contributed by atoms with Gasteiger partial charge in [0.15, 0.2) is 0 Å². The zero-order chi connectivity index (χ0) is 68.7. The van der Waals surface area contributed by atoms with Crippen LogP contribution < -0.4 is 29.6 Å². The first-order valence-corrected chi connectivity index (χ1v) is 36.7. The molecule has 2 atom stereocenters. The minimum absolute atomic E-state index is 0.339. The summed E-state index contributed by atoms with van der Waals surface area (Å²) in [5.41, 5.74) is 19.1. The topological polar surface area (TPSA) is 24.9 Å². The fourth-order valence-corrected chi connectivity index (χ4v) is 19.1. The number of benzene rings is 14. The van der Waals surface area contributed by atoms with Crippen LogP contribution in [0.5, 0.6) is 23.0 Å². The number of halogens is 4. The van der Waals surface area contributed by atoms with Crippen LogP contribution in [0.1, 0.15) is 55.6 Å². The van der Waals surface area contributed by atoms with E-state index in [-0.39, 0.29) is 23.3 Å². The molecule has 17 rings (SSSR count). The SMILES string of the molecule is C=Cc1ccc(Oc2ccc(C3(c4ccc(F)cc4)c4ccccc4-c4ccc(N(c5ccc(F)cc5)c5ccc6c(c5)-c5cc(N(c7ccc(F)cc7)c7ccc8c(c7)C(c7ccc(F)cc7)(c7ccc(Oc9ccc(C=C)cc9)cc7)c7ccccc7-8)ccc5[Si]6(C)C)cc43)cc2)cc1. The van der Waals surface area contributed by atoms with Gasteiger partial charge < -0.3 is 19.3 Å². The minimum atomic E-state index is -2.40. The van der Waals surface area contributed by atoms with Crippen molar-refractivity contribution in [1.82, 2.24) is 0 Å². The van der Waals surface area contributed by atoms with Gasteiger partial charge in [0.1, 0.15) is 54.3 Å².